The summed E-state index contributed by atoms with van der Waals surface area (Å²) in [5.74, 6) is -0.158. The summed E-state index contributed by atoms with van der Waals surface area (Å²) in [6.07, 6.45) is 3.20. The molecule has 0 amide bonds. The molecule has 0 heterocycles. The van der Waals surface area contributed by atoms with Crippen molar-refractivity contribution in [1.82, 2.24) is 0 Å². The second-order valence-corrected chi connectivity index (χ2v) is 3.68. The van der Waals surface area contributed by atoms with E-state index in [1.165, 1.54) is 0 Å². The molecule has 0 aromatic carbocycles. The summed E-state index contributed by atoms with van der Waals surface area (Å²) in [6, 6.07) is 0. The number of rotatable bonds is 5. The zero-order chi connectivity index (χ0) is 7.98. The molecule has 0 aliphatic rings. The monoisotopic (exact) mass is 164 g/mol. The van der Waals surface area contributed by atoms with Crippen molar-refractivity contribution in [2.24, 2.45) is 0 Å². The van der Waals surface area contributed by atoms with Gasteiger partial charge < -0.3 is 5.11 Å². The van der Waals surface area contributed by atoms with Crippen LogP contribution in [0.15, 0.2) is 0 Å². The highest BCUT2D eigenvalue weighted by Crippen LogP contribution is 1.95. The Morgan fingerprint density at radius 3 is 2.50 bits per heavy atom. The largest absolute Gasteiger partial charge is 0.481 e. The predicted octanol–water partition coefficient (Wildman–Crippen LogP) is 0.620. The molecule has 60 valence electrons. The first-order valence-electron chi connectivity index (χ1n) is 3.14. The zero-order valence-electron chi connectivity index (χ0n) is 6.00. The van der Waals surface area contributed by atoms with Gasteiger partial charge in [0.15, 0.2) is 0 Å². The van der Waals surface area contributed by atoms with Crippen molar-refractivity contribution in [1.29, 1.82) is 0 Å². The zero-order valence-corrected chi connectivity index (χ0v) is 6.82. The second-order valence-electron chi connectivity index (χ2n) is 2.13. The second kappa shape index (κ2) is 5.41. The SMILES string of the molecule is CS(=O)CCCCC(=O)O. The normalized spacial score (nSPS) is 12.9. The van der Waals surface area contributed by atoms with E-state index in [2.05, 4.69) is 0 Å². The van der Waals surface area contributed by atoms with Gasteiger partial charge in [-0.15, -0.1) is 0 Å². The lowest BCUT2D eigenvalue weighted by Gasteiger charge is -1.93. The fraction of sp³-hybridized carbons (Fsp3) is 0.833. The first kappa shape index (κ1) is 9.62. The van der Waals surface area contributed by atoms with Gasteiger partial charge in [0.2, 0.25) is 0 Å². The third kappa shape index (κ3) is 7.62. The molecular formula is C6H12O3S. The Bertz CT molecular complexity index is 117. The molecule has 0 aromatic rings. The van der Waals surface area contributed by atoms with Crippen LogP contribution in [0.4, 0.5) is 0 Å². The van der Waals surface area contributed by atoms with Crippen LogP contribution in [0.1, 0.15) is 19.3 Å². The van der Waals surface area contributed by atoms with Gasteiger partial charge in [-0.25, -0.2) is 0 Å². The van der Waals surface area contributed by atoms with Crippen molar-refractivity contribution < 1.29 is 14.1 Å². The van der Waals surface area contributed by atoms with Gasteiger partial charge in [0.05, 0.1) is 0 Å². The minimum Gasteiger partial charge on any atom is -0.481 e. The third-order valence-electron chi connectivity index (χ3n) is 1.07. The maximum absolute atomic E-state index is 10.5. The van der Waals surface area contributed by atoms with E-state index in [0.29, 0.717) is 12.2 Å². The molecular weight excluding hydrogens is 152 g/mol. The van der Waals surface area contributed by atoms with E-state index in [4.69, 9.17) is 5.11 Å². The van der Waals surface area contributed by atoms with Crippen molar-refractivity contribution in [2.75, 3.05) is 12.0 Å². The van der Waals surface area contributed by atoms with Crippen LogP contribution in [0.2, 0.25) is 0 Å². The highest BCUT2D eigenvalue weighted by atomic mass is 32.2. The van der Waals surface area contributed by atoms with Crippen molar-refractivity contribution in [3.05, 3.63) is 0 Å². The molecule has 0 spiro atoms. The van der Waals surface area contributed by atoms with Crippen LogP contribution in [0, 0.1) is 0 Å². The Balaban J connectivity index is 3.06. The third-order valence-corrected chi connectivity index (χ3v) is 1.94. The predicted molar refractivity (Wildman–Crippen MR) is 40.4 cm³/mol. The van der Waals surface area contributed by atoms with Crippen LogP contribution in [0.25, 0.3) is 0 Å². The van der Waals surface area contributed by atoms with Crippen LogP contribution in [0.5, 0.6) is 0 Å². The smallest absolute Gasteiger partial charge is 0.303 e. The molecule has 0 saturated carbocycles. The lowest BCUT2D eigenvalue weighted by atomic mass is 10.3. The van der Waals surface area contributed by atoms with Crippen LogP contribution in [-0.2, 0) is 15.6 Å². The summed E-state index contributed by atoms with van der Waals surface area (Å²) in [4.78, 5) is 9.97. The van der Waals surface area contributed by atoms with Gasteiger partial charge >= 0.3 is 5.97 Å². The fourth-order valence-corrected chi connectivity index (χ4v) is 1.19. The van der Waals surface area contributed by atoms with E-state index in [0.717, 1.165) is 6.42 Å². The van der Waals surface area contributed by atoms with Crippen molar-refractivity contribution in [3.63, 3.8) is 0 Å². The molecule has 0 fully saturated rings. The summed E-state index contributed by atoms with van der Waals surface area (Å²) < 4.78 is 10.5. The molecule has 0 bridgehead atoms. The van der Waals surface area contributed by atoms with Gasteiger partial charge in [-0.2, -0.15) is 0 Å². The average Bonchev–Trinajstić information content (AvgIpc) is 1.79. The van der Waals surface area contributed by atoms with Gasteiger partial charge in [0, 0.05) is 29.2 Å². The average molecular weight is 164 g/mol. The number of hydrogen-bond donors (Lipinski definition) is 1. The molecule has 1 unspecified atom stereocenters. The van der Waals surface area contributed by atoms with Gasteiger partial charge in [0.25, 0.3) is 0 Å². The topological polar surface area (TPSA) is 54.4 Å². The van der Waals surface area contributed by atoms with Crippen molar-refractivity contribution >= 4 is 16.8 Å². The van der Waals surface area contributed by atoms with E-state index < -0.39 is 16.8 Å². The van der Waals surface area contributed by atoms with Crippen LogP contribution in [0.3, 0.4) is 0 Å². The molecule has 0 aliphatic heterocycles. The maximum Gasteiger partial charge on any atom is 0.303 e. The number of hydrogen-bond acceptors (Lipinski definition) is 2. The van der Waals surface area contributed by atoms with Crippen LogP contribution in [-0.4, -0.2) is 27.3 Å². The highest BCUT2D eigenvalue weighted by molar-refractivity contribution is 7.84. The molecule has 0 aliphatic carbocycles. The maximum atomic E-state index is 10.5. The number of carboxylic acid groups (broad SMARTS) is 1. The standard InChI is InChI=1S/C6H12O3S/c1-10(9)5-3-2-4-6(7)8/h2-5H2,1H3,(H,7,8). The molecule has 0 rings (SSSR count). The first-order chi connectivity index (χ1) is 4.63. The number of carbonyl (C=O) groups is 1. The quantitative estimate of drug-likeness (QED) is 0.606. The number of aliphatic carboxylic acids is 1. The van der Waals surface area contributed by atoms with Gasteiger partial charge in [-0.3, -0.25) is 9.00 Å². The molecule has 1 N–H and O–H groups in total. The molecule has 3 nitrogen and oxygen atoms in total. The summed E-state index contributed by atoms with van der Waals surface area (Å²) >= 11 is 0. The van der Waals surface area contributed by atoms with E-state index in [1.807, 2.05) is 0 Å². The number of carboxylic acids is 1. The molecule has 1 atom stereocenters. The van der Waals surface area contributed by atoms with Crippen molar-refractivity contribution in [3.8, 4) is 0 Å². The highest BCUT2D eigenvalue weighted by Gasteiger charge is 1.96. The Labute approximate surface area is 62.9 Å². The molecule has 0 aromatic heterocycles. The van der Waals surface area contributed by atoms with Gasteiger partial charge in [-0.1, -0.05) is 0 Å². The van der Waals surface area contributed by atoms with Gasteiger partial charge in [-0.05, 0) is 12.8 Å². The van der Waals surface area contributed by atoms with Gasteiger partial charge in [0.1, 0.15) is 0 Å². The minimum absolute atomic E-state index is 0.192. The Kier molecular flexibility index (Phi) is 5.20. The Hall–Kier alpha value is -0.380. The molecule has 10 heavy (non-hydrogen) atoms. The Morgan fingerprint density at radius 2 is 2.10 bits per heavy atom. The molecule has 0 saturated heterocycles. The van der Waals surface area contributed by atoms with Crippen LogP contribution >= 0.6 is 0 Å². The minimum atomic E-state index is -0.776. The molecule has 4 heteroatoms. The lowest BCUT2D eigenvalue weighted by molar-refractivity contribution is -0.137. The fourth-order valence-electron chi connectivity index (χ4n) is 0.582. The van der Waals surface area contributed by atoms with Crippen molar-refractivity contribution in [2.45, 2.75) is 19.3 Å². The summed E-state index contributed by atoms with van der Waals surface area (Å²) in [5.41, 5.74) is 0. The summed E-state index contributed by atoms with van der Waals surface area (Å²) in [5, 5.41) is 8.20. The van der Waals surface area contributed by atoms with E-state index in [1.54, 1.807) is 6.26 Å². The Morgan fingerprint density at radius 1 is 1.50 bits per heavy atom. The summed E-state index contributed by atoms with van der Waals surface area (Å²) in [7, 11) is -0.773. The van der Waals surface area contributed by atoms with E-state index in [-0.39, 0.29) is 6.42 Å². The summed E-state index contributed by atoms with van der Waals surface area (Å²) in [6.45, 7) is 0. The van der Waals surface area contributed by atoms with E-state index in [9.17, 15) is 9.00 Å². The first-order valence-corrected chi connectivity index (χ1v) is 4.87. The lowest BCUT2D eigenvalue weighted by Crippen LogP contribution is -1.98. The molecule has 0 radical (unpaired) electrons. The van der Waals surface area contributed by atoms with Crippen LogP contribution < -0.4 is 0 Å². The number of unbranched alkanes of at least 4 members (excludes halogenated alkanes) is 1. The van der Waals surface area contributed by atoms with E-state index >= 15 is 0 Å².